The Hall–Kier alpha value is -1.75. The van der Waals surface area contributed by atoms with Crippen LogP contribution < -0.4 is 5.73 Å². The van der Waals surface area contributed by atoms with Crippen LogP contribution in [0.2, 0.25) is 0 Å². The van der Waals surface area contributed by atoms with Crippen LogP contribution in [0.4, 0.5) is 4.39 Å². The van der Waals surface area contributed by atoms with Gasteiger partial charge in [-0.2, -0.15) is 5.10 Å². The number of hydrogen-bond acceptors (Lipinski definition) is 3. The largest absolute Gasteiger partial charge is 0.319 e. The summed E-state index contributed by atoms with van der Waals surface area (Å²) in [6.07, 6.45) is 5.43. The fourth-order valence-corrected chi connectivity index (χ4v) is 1.77. The molecule has 0 aliphatic rings. The van der Waals surface area contributed by atoms with E-state index in [2.05, 4.69) is 17.0 Å². The van der Waals surface area contributed by atoms with Crippen molar-refractivity contribution < 1.29 is 4.39 Å². The molecular formula is C12H15FN4. The van der Waals surface area contributed by atoms with Crippen molar-refractivity contribution in [3.63, 3.8) is 0 Å². The molecule has 90 valence electrons. The van der Waals surface area contributed by atoms with Gasteiger partial charge < -0.3 is 5.73 Å². The van der Waals surface area contributed by atoms with E-state index in [9.17, 15) is 4.39 Å². The number of nitrogens with two attached hydrogens (primary N) is 1. The first-order chi connectivity index (χ1) is 8.22. The summed E-state index contributed by atoms with van der Waals surface area (Å²) in [4.78, 5) is 3.81. The molecule has 4 nitrogen and oxygen atoms in total. The zero-order valence-electron chi connectivity index (χ0n) is 9.68. The third-order valence-corrected chi connectivity index (χ3v) is 2.59. The zero-order chi connectivity index (χ0) is 12.3. The maximum Gasteiger partial charge on any atom is 0.141 e. The molecule has 0 saturated heterocycles. The molecule has 1 atom stereocenters. The molecule has 0 aliphatic carbocycles. The number of halogens is 1. The summed E-state index contributed by atoms with van der Waals surface area (Å²) in [5, 5.41) is 4.20. The van der Waals surface area contributed by atoms with Gasteiger partial charge in [0, 0.05) is 18.9 Å². The Bertz CT molecular complexity index is 495. The lowest BCUT2D eigenvalue weighted by molar-refractivity contribution is 0.557. The minimum atomic E-state index is -0.396. The number of aromatic nitrogens is 3. The van der Waals surface area contributed by atoms with Gasteiger partial charge in [-0.05, 0) is 24.1 Å². The van der Waals surface area contributed by atoms with Crippen molar-refractivity contribution in [3.05, 3.63) is 47.8 Å². The van der Waals surface area contributed by atoms with Gasteiger partial charge in [-0.1, -0.05) is 6.92 Å². The molecule has 2 heterocycles. The smallest absolute Gasteiger partial charge is 0.141 e. The van der Waals surface area contributed by atoms with E-state index >= 15 is 0 Å². The molecule has 2 rings (SSSR count). The highest BCUT2D eigenvalue weighted by molar-refractivity contribution is 5.24. The Kier molecular flexibility index (Phi) is 3.49. The van der Waals surface area contributed by atoms with Crippen LogP contribution in [0, 0.1) is 5.82 Å². The summed E-state index contributed by atoms with van der Waals surface area (Å²) in [5.74, 6) is -0.375. The van der Waals surface area contributed by atoms with Gasteiger partial charge in [0.25, 0.3) is 0 Å². The van der Waals surface area contributed by atoms with E-state index in [0.717, 1.165) is 18.7 Å². The van der Waals surface area contributed by atoms with Crippen LogP contribution in [0.3, 0.4) is 0 Å². The molecule has 0 fully saturated rings. The van der Waals surface area contributed by atoms with Crippen molar-refractivity contribution >= 4 is 0 Å². The van der Waals surface area contributed by atoms with Gasteiger partial charge in [-0.15, -0.1) is 0 Å². The van der Waals surface area contributed by atoms with Gasteiger partial charge >= 0.3 is 0 Å². The molecule has 0 saturated carbocycles. The molecule has 0 radical (unpaired) electrons. The second kappa shape index (κ2) is 5.05. The maximum atomic E-state index is 13.1. The number of hydrogen-bond donors (Lipinski definition) is 1. The monoisotopic (exact) mass is 234 g/mol. The Balaban J connectivity index is 2.30. The maximum absolute atomic E-state index is 13.1. The average molecular weight is 234 g/mol. The van der Waals surface area contributed by atoms with E-state index < -0.39 is 6.04 Å². The lowest BCUT2D eigenvalue weighted by Gasteiger charge is -2.13. The summed E-state index contributed by atoms with van der Waals surface area (Å²) in [6.45, 7) is 2.87. The number of pyridine rings is 1. The minimum Gasteiger partial charge on any atom is -0.319 e. The molecule has 2 aromatic heterocycles. The summed E-state index contributed by atoms with van der Waals surface area (Å²) in [6, 6.07) is 2.86. The summed E-state index contributed by atoms with van der Waals surface area (Å²) < 4.78 is 14.9. The fraction of sp³-hybridized carbons (Fsp3) is 0.333. The van der Waals surface area contributed by atoms with Gasteiger partial charge in [0.1, 0.15) is 5.82 Å². The van der Waals surface area contributed by atoms with Crippen molar-refractivity contribution in [2.75, 3.05) is 0 Å². The molecule has 5 heteroatoms. The molecule has 17 heavy (non-hydrogen) atoms. The summed E-state index contributed by atoms with van der Waals surface area (Å²) >= 11 is 0. The summed E-state index contributed by atoms with van der Waals surface area (Å²) in [7, 11) is 0. The zero-order valence-corrected chi connectivity index (χ0v) is 9.68. The molecule has 0 amide bonds. The first-order valence-electron chi connectivity index (χ1n) is 5.60. The molecular weight excluding hydrogens is 219 g/mol. The number of aryl methyl sites for hydroxylation is 1. The van der Waals surface area contributed by atoms with Crippen molar-refractivity contribution in [2.24, 2.45) is 5.73 Å². The van der Waals surface area contributed by atoms with Crippen molar-refractivity contribution in [1.82, 2.24) is 14.8 Å². The van der Waals surface area contributed by atoms with Crippen LogP contribution in [-0.2, 0) is 6.54 Å². The Morgan fingerprint density at radius 2 is 2.29 bits per heavy atom. The van der Waals surface area contributed by atoms with Gasteiger partial charge in [0.15, 0.2) is 0 Å². The average Bonchev–Trinajstić information content (AvgIpc) is 2.77. The topological polar surface area (TPSA) is 56.7 Å². The predicted octanol–water partition coefficient (Wildman–Crippen LogP) is 1.88. The van der Waals surface area contributed by atoms with Crippen molar-refractivity contribution in [2.45, 2.75) is 25.9 Å². The van der Waals surface area contributed by atoms with Crippen LogP contribution >= 0.6 is 0 Å². The first kappa shape index (κ1) is 11.7. The Labute approximate surface area is 99.3 Å². The molecule has 0 aromatic carbocycles. The van der Waals surface area contributed by atoms with Gasteiger partial charge in [-0.25, -0.2) is 4.39 Å². The molecule has 2 N–H and O–H groups in total. The lowest BCUT2D eigenvalue weighted by Crippen LogP contribution is -2.18. The third-order valence-electron chi connectivity index (χ3n) is 2.59. The van der Waals surface area contributed by atoms with E-state index in [-0.39, 0.29) is 5.82 Å². The minimum absolute atomic E-state index is 0.375. The van der Waals surface area contributed by atoms with Gasteiger partial charge in [0.05, 0.1) is 17.9 Å². The van der Waals surface area contributed by atoms with Crippen LogP contribution in [0.25, 0.3) is 0 Å². The third kappa shape index (κ3) is 2.50. The van der Waals surface area contributed by atoms with E-state index in [1.54, 1.807) is 12.4 Å². The summed E-state index contributed by atoms with van der Waals surface area (Å²) in [5.41, 5.74) is 7.62. The Morgan fingerprint density at radius 3 is 3.00 bits per heavy atom. The van der Waals surface area contributed by atoms with Crippen LogP contribution in [0.15, 0.2) is 30.7 Å². The molecule has 0 bridgehead atoms. The highest BCUT2D eigenvalue weighted by Crippen LogP contribution is 2.19. The van der Waals surface area contributed by atoms with Crippen LogP contribution in [0.1, 0.15) is 30.6 Å². The Morgan fingerprint density at radius 1 is 1.47 bits per heavy atom. The second-order valence-corrected chi connectivity index (χ2v) is 3.89. The van der Waals surface area contributed by atoms with E-state index in [1.807, 2.05) is 10.7 Å². The molecule has 0 spiro atoms. The van der Waals surface area contributed by atoms with E-state index in [0.29, 0.717) is 5.56 Å². The van der Waals surface area contributed by atoms with E-state index in [4.69, 9.17) is 5.73 Å². The predicted molar refractivity (Wildman–Crippen MR) is 62.7 cm³/mol. The molecule has 1 unspecified atom stereocenters. The fourth-order valence-electron chi connectivity index (χ4n) is 1.77. The number of nitrogens with zero attached hydrogens (tertiary/aromatic N) is 3. The standard InChI is InChI=1S/C12H15FN4/c1-2-5-17-11(3-4-16-17)12(14)9-6-10(13)8-15-7-9/h3-4,6-8,12H,2,5,14H2,1H3. The SMILES string of the molecule is CCCn1nccc1C(N)c1cncc(F)c1. The van der Waals surface area contributed by atoms with Gasteiger partial charge in [-0.3, -0.25) is 9.67 Å². The van der Waals surface area contributed by atoms with Crippen molar-refractivity contribution in [3.8, 4) is 0 Å². The lowest BCUT2D eigenvalue weighted by atomic mass is 10.1. The van der Waals surface area contributed by atoms with Gasteiger partial charge in [0.2, 0.25) is 0 Å². The molecule has 0 aliphatic heterocycles. The first-order valence-corrected chi connectivity index (χ1v) is 5.60. The highest BCUT2D eigenvalue weighted by Gasteiger charge is 2.14. The van der Waals surface area contributed by atoms with Crippen molar-refractivity contribution in [1.29, 1.82) is 0 Å². The van der Waals surface area contributed by atoms with E-state index in [1.165, 1.54) is 12.3 Å². The van der Waals surface area contributed by atoms with Crippen LogP contribution in [-0.4, -0.2) is 14.8 Å². The second-order valence-electron chi connectivity index (χ2n) is 3.89. The molecule has 2 aromatic rings. The highest BCUT2D eigenvalue weighted by atomic mass is 19.1. The quantitative estimate of drug-likeness (QED) is 0.878. The van der Waals surface area contributed by atoms with Crippen LogP contribution in [0.5, 0.6) is 0 Å². The normalized spacial score (nSPS) is 12.6. The number of rotatable bonds is 4.